The molecule has 1 aliphatic carbocycles. The second kappa shape index (κ2) is 11.0. The first-order valence-corrected chi connectivity index (χ1v) is 13.9. The molecule has 0 saturated carbocycles. The summed E-state index contributed by atoms with van der Waals surface area (Å²) in [6.45, 7) is 2.20. The molecule has 12 heteroatoms. The summed E-state index contributed by atoms with van der Waals surface area (Å²) in [6.07, 6.45) is -3.80. The first-order chi connectivity index (χ1) is 20.1. The third-order valence-electron chi connectivity index (χ3n) is 7.92. The highest BCUT2D eigenvalue weighted by atomic mass is 19.4. The van der Waals surface area contributed by atoms with Crippen LogP contribution in [0.3, 0.4) is 0 Å². The summed E-state index contributed by atoms with van der Waals surface area (Å²) in [5, 5.41) is 6.27. The first-order valence-electron chi connectivity index (χ1n) is 13.9. The van der Waals surface area contributed by atoms with Gasteiger partial charge in [-0.25, -0.2) is 4.98 Å². The molecule has 0 amide bonds. The molecule has 42 heavy (non-hydrogen) atoms. The SMILES string of the molecule is FC(F)(F)c1nc(Nc2ccc3c(c2)CCC(N2CCCC2)CC3)n(-c2nc(-c3ccccc3)ccc2C(F)(F)F)n1. The topological polar surface area (TPSA) is 58.9 Å². The molecule has 6 nitrogen and oxygen atoms in total. The molecule has 0 spiro atoms. The van der Waals surface area contributed by atoms with Gasteiger partial charge in [-0.1, -0.05) is 36.4 Å². The number of alkyl halides is 6. The second-order valence-electron chi connectivity index (χ2n) is 10.7. The van der Waals surface area contributed by atoms with Crippen molar-refractivity contribution >= 4 is 11.6 Å². The Balaban J connectivity index is 1.38. The number of benzene rings is 2. The summed E-state index contributed by atoms with van der Waals surface area (Å²) in [7, 11) is 0. The molecule has 1 unspecified atom stereocenters. The summed E-state index contributed by atoms with van der Waals surface area (Å²) in [5.41, 5.74) is 2.03. The van der Waals surface area contributed by atoms with Crippen LogP contribution < -0.4 is 5.32 Å². The standard InChI is InChI=1S/C30H28F6N6/c31-29(32,33)24-14-15-25(20-6-2-1-3-7-20)38-26(24)42-28(39-27(40-42)30(34,35)36)37-22-11-8-19-9-12-23(13-10-21(19)18-22)41-16-4-5-17-41/h1-3,6-8,11,14-15,18,23H,4-5,9-10,12-13,16-17H2,(H,37,39,40). The number of aromatic nitrogens is 4. The van der Waals surface area contributed by atoms with E-state index in [4.69, 9.17) is 0 Å². The molecule has 0 bridgehead atoms. The molecule has 1 aliphatic heterocycles. The maximum absolute atomic E-state index is 14.1. The van der Waals surface area contributed by atoms with E-state index in [9.17, 15) is 26.3 Å². The minimum atomic E-state index is -4.99. The zero-order valence-electron chi connectivity index (χ0n) is 22.5. The molecule has 220 valence electrons. The average molecular weight is 587 g/mol. The van der Waals surface area contributed by atoms with Crippen LogP contribution in [0.15, 0.2) is 60.7 Å². The van der Waals surface area contributed by atoms with Crippen molar-refractivity contribution in [2.24, 2.45) is 0 Å². The molecule has 1 atom stereocenters. The number of halogens is 6. The van der Waals surface area contributed by atoms with Crippen molar-refractivity contribution < 1.29 is 26.3 Å². The van der Waals surface area contributed by atoms with Crippen LogP contribution in [0.1, 0.15) is 48.2 Å². The van der Waals surface area contributed by atoms with E-state index in [1.807, 2.05) is 12.1 Å². The number of anilines is 2. The maximum atomic E-state index is 14.1. The number of rotatable bonds is 5. The third kappa shape index (κ3) is 5.85. The van der Waals surface area contributed by atoms with E-state index in [0.29, 0.717) is 22.0 Å². The quantitative estimate of drug-likeness (QED) is 0.194. The number of aryl methyl sites for hydroxylation is 2. The smallest absolute Gasteiger partial charge is 0.324 e. The maximum Gasteiger partial charge on any atom is 0.453 e. The van der Waals surface area contributed by atoms with Crippen molar-refractivity contribution in [1.29, 1.82) is 0 Å². The minimum absolute atomic E-state index is 0.145. The fraction of sp³-hybridized carbons (Fsp3) is 0.367. The van der Waals surface area contributed by atoms with Gasteiger partial charge in [-0.3, -0.25) is 0 Å². The van der Waals surface area contributed by atoms with Crippen LogP contribution in [0.5, 0.6) is 0 Å². The van der Waals surface area contributed by atoms with Crippen LogP contribution in [0, 0.1) is 0 Å². The van der Waals surface area contributed by atoms with Crippen molar-refractivity contribution in [1.82, 2.24) is 24.6 Å². The predicted octanol–water partition coefficient (Wildman–Crippen LogP) is 7.45. The van der Waals surface area contributed by atoms with Crippen LogP contribution >= 0.6 is 0 Å². The number of fused-ring (bicyclic) bond motifs is 1. The normalized spacial score (nSPS) is 18.1. The van der Waals surface area contributed by atoms with E-state index < -0.39 is 35.5 Å². The molecule has 1 N–H and O–H groups in total. The molecular formula is C30H28F6N6. The summed E-state index contributed by atoms with van der Waals surface area (Å²) in [4.78, 5) is 10.2. The zero-order chi connectivity index (χ0) is 29.5. The number of hydrogen-bond acceptors (Lipinski definition) is 5. The largest absolute Gasteiger partial charge is 0.453 e. The van der Waals surface area contributed by atoms with E-state index in [0.717, 1.165) is 56.0 Å². The molecule has 1 saturated heterocycles. The van der Waals surface area contributed by atoms with Gasteiger partial charge in [0, 0.05) is 17.3 Å². The Morgan fingerprint density at radius 1 is 0.762 bits per heavy atom. The fourth-order valence-electron chi connectivity index (χ4n) is 5.83. The van der Waals surface area contributed by atoms with Crippen molar-refractivity contribution in [2.75, 3.05) is 18.4 Å². The third-order valence-corrected chi connectivity index (χ3v) is 7.92. The Kier molecular flexibility index (Phi) is 7.42. The molecule has 2 aliphatic rings. The lowest BCUT2D eigenvalue weighted by atomic mass is 10.0. The fourth-order valence-corrected chi connectivity index (χ4v) is 5.83. The molecule has 0 radical (unpaired) electrons. The molecular weight excluding hydrogens is 558 g/mol. The second-order valence-corrected chi connectivity index (χ2v) is 10.7. The van der Waals surface area contributed by atoms with Crippen molar-refractivity contribution in [3.63, 3.8) is 0 Å². The summed E-state index contributed by atoms with van der Waals surface area (Å²) < 4.78 is 84.0. The summed E-state index contributed by atoms with van der Waals surface area (Å²) in [5.74, 6) is -2.90. The number of likely N-dealkylation sites (tertiary alicyclic amines) is 1. The van der Waals surface area contributed by atoms with Crippen molar-refractivity contribution in [2.45, 2.75) is 56.9 Å². The van der Waals surface area contributed by atoms with Gasteiger partial charge in [0.25, 0.3) is 5.82 Å². The Morgan fingerprint density at radius 2 is 1.48 bits per heavy atom. The average Bonchev–Trinajstić information content (AvgIpc) is 3.60. The van der Waals surface area contributed by atoms with Gasteiger partial charge in [0.2, 0.25) is 5.95 Å². The number of hydrogen-bond donors (Lipinski definition) is 1. The zero-order valence-corrected chi connectivity index (χ0v) is 22.5. The molecule has 2 aromatic carbocycles. The lowest BCUT2D eigenvalue weighted by Gasteiger charge is -2.25. The molecule has 2 aromatic heterocycles. The Hall–Kier alpha value is -3.93. The van der Waals surface area contributed by atoms with Gasteiger partial charge in [0.05, 0.1) is 5.69 Å². The number of nitrogens with zero attached hydrogens (tertiary/aromatic N) is 5. The first kappa shape index (κ1) is 28.2. The highest BCUT2D eigenvalue weighted by Gasteiger charge is 2.40. The Labute approximate surface area is 238 Å². The lowest BCUT2D eigenvalue weighted by Crippen LogP contribution is -2.32. The van der Waals surface area contributed by atoms with E-state index in [2.05, 4.69) is 25.3 Å². The Morgan fingerprint density at radius 3 is 2.17 bits per heavy atom. The van der Waals surface area contributed by atoms with E-state index in [1.54, 1.807) is 36.4 Å². The molecule has 1 fully saturated rings. The van der Waals surface area contributed by atoms with Gasteiger partial charge in [-0.05, 0) is 87.0 Å². The molecule has 3 heterocycles. The Bertz CT molecular complexity index is 1560. The van der Waals surface area contributed by atoms with Crippen LogP contribution in [-0.2, 0) is 25.2 Å². The van der Waals surface area contributed by atoms with Crippen LogP contribution in [0.25, 0.3) is 17.1 Å². The lowest BCUT2D eigenvalue weighted by molar-refractivity contribution is -0.144. The van der Waals surface area contributed by atoms with Gasteiger partial charge >= 0.3 is 12.4 Å². The monoisotopic (exact) mass is 586 g/mol. The molecule has 6 rings (SSSR count). The van der Waals surface area contributed by atoms with Gasteiger partial charge in [0.1, 0.15) is 5.56 Å². The summed E-state index contributed by atoms with van der Waals surface area (Å²) in [6, 6.07) is 16.3. The van der Waals surface area contributed by atoms with Gasteiger partial charge < -0.3 is 10.2 Å². The number of nitrogens with one attached hydrogen (secondary N) is 1. The van der Waals surface area contributed by atoms with Crippen LogP contribution in [0.4, 0.5) is 38.0 Å². The van der Waals surface area contributed by atoms with Crippen molar-refractivity contribution in [3.05, 3.63) is 83.2 Å². The van der Waals surface area contributed by atoms with Crippen molar-refractivity contribution in [3.8, 4) is 17.1 Å². The van der Waals surface area contributed by atoms with E-state index in [1.165, 1.54) is 18.9 Å². The molecule has 4 aromatic rings. The predicted molar refractivity (Wildman–Crippen MR) is 146 cm³/mol. The highest BCUT2D eigenvalue weighted by molar-refractivity contribution is 5.63. The van der Waals surface area contributed by atoms with Crippen LogP contribution in [0.2, 0.25) is 0 Å². The van der Waals surface area contributed by atoms with E-state index in [-0.39, 0.29) is 5.69 Å². The summed E-state index contributed by atoms with van der Waals surface area (Å²) >= 11 is 0. The van der Waals surface area contributed by atoms with Crippen LogP contribution in [-0.4, -0.2) is 43.8 Å². The van der Waals surface area contributed by atoms with E-state index >= 15 is 0 Å². The van der Waals surface area contributed by atoms with Gasteiger partial charge in [-0.15, -0.1) is 5.10 Å². The van der Waals surface area contributed by atoms with Gasteiger partial charge in [0.15, 0.2) is 5.82 Å². The number of pyridine rings is 1. The highest BCUT2D eigenvalue weighted by Crippen LogP contribution is 2.37. The van der Waals surface area contributed by atoms with Gasteiger partial charge in [-0.2, -0.15) is 36.0 Å². The minimum Gasteiger partial charge on any atom is -0.324 e.